The first-order valence-corrected chi connectivity index (χ1v) is 8.73. The van der Waals surface area contributed by atoms with E-state index in [0.717, 1.165) is 12.8 Å². The maximum absolute atomic E-state index is 2.30. The number of fused-ring (bicyclic) bond motifs is 3. The molecular formula is C20H17Cl2Zr. The van der Waals surface area contributed by atoms with Crippen molar-refractivity contribution in [3.63, 3.8) is 0 Å². The molecule has 2 aliphatic carbocycles. The molecule has 3 heteroatoms. The molecule has 0 saturated heterocycles. The van der Waals surface area contributed by atoms with Crippen LogP contribution in [0.2, 0.25) is 0 Å². The van der Waals surface area contributed by atoms with Gasteiger partial charge in [-0.1, -0.05) is 0 Å². The van der Waals surface area contributed by atoms with Crippen LogP contribution in [0.5, 0.6) is 0 Å². The van der Waals surface area contributed by atoms with Gasteiger partial charge in [-0.25, -0.2) is 0 Å². The number of rotatable bonds is 1. The molecule has 0 spiro atoms. The van der Waals surface area contributed by atoms with Gasteiger partial charge >= 0.3 is 142 Å². The quantitative estimate of drug-likeness (QED) is 0.446. The van der Waals surface area contributed by atoms with E-state index in [9.17, 15) is 0 Å². The third-order valence-electron chi connectivity index (χ3n) is 4.91. The van der Waals surface area contributed by atoms with E-state index in [1.54, 1.807) is 33.6 Å². The third kappa shape index (κ3) is 2.82. The van der Waals surface area contributed by atoms with Gasteiger partial charge < -0.3 is 24.8 Å². The van der Waals surface area contributed by atoms with Gasteiger partial charge in [0.25, 0.3) is 0 Å². The van der Waals surface area contributed by atoms with Crippen molar-refractivity contribution in [2.24, 2.45) is 0 Å². The largest absolute Gasteiger partial charge is 1.00 e. The van der Waals surface area contributed by atoms with Crippen LogP contribution in [0.1, 0.15) is 34.2 Å². The second-order valence-electron chi connectivity index (χ2n) is 6.01. The minimum atomic E-state index is 0. The molecule has 2 aliphatic rings. The summed E-state index contributed by atoms with van der Waals surface area (Å²) in [5.74, 6) is 0. The van der Waals surface area contributed by atoms with Crippen molar-refractivity contribution in [3.8, 4) is 11.1 Å². The summed E-state index contributed by atoms with van der Waals surface area (Å²) >= 11 is 1.54. The van der Waals surface area contributed by atoms with Crippen molar-refractivity contribution in [2.75, 3.05) is 0 Å². The molecule has 23 heavy (non-hydrogen) atoms. The van der Waals surface area contributed by atoms with Crippen LogP contribution in [0.4, 0.5) is 0 Å². The van der Waals surface area contributed by atoms with Crippen LogP contribution in [0.3, 0.4) is 0 Å². The van der Waals surface area contributed by atoms with Gasteiger partial charge in [-0.3, -0.25) is 0 Å². The summed E-state index contributed by atoms with van der Waals surface area (Å²) < 4.78 is 1.58. The van der Waals surface area contributed by atoms with Crippen LogP contribution in [0, 0.1) is 13.8 Å². The zero-order valence-electron chi connectivity index (χ0n) is 13.2. The summed E-state index contributed by atoms with van der Waals surface area (Å²) in [5, 5.41) is 0. The molecule has 0 fully saturated rings. The molecule has 0 nitrogen and oxygen atoms in total. The van der Waals surface area contributed by atoms with E-state index < -0.39 is 0 Å². The van der Waals surface area contributed by atoms with Gasteiger partial charge in [-0.2, -0.15) is 0 Å². The first-order chi connectivity index (χ1) is 10.2. The molecule has 0 radical (unpaired) electrons. The van der Waals surface area contributed by atoms with E-state index in [1.165, 1.54) is 39.0 Å². The Balaban J connectivity index is 0.000000960. The molecule has 4 rings (SSSR count). The maximum atomic E-state index is 2.30. The number of benzene rings is 2. The molecule has 0 heterocycles. The van der Waals surface area contributed by atoms with Gasteiger partial charge in [-0.15, -0.1) is 0 Å². The molecule has 0 atom stereocenters. The zero-order valence-corrected chi connectivity index (χ0v) is 17.2. The number of halogens is 2. The van der Waals surface area contributed by atoms with Crippen molar-refractivity contribution < 1.29 is 49.5 Å². The molecule has 0 amide bonds. The summed E-state index contributed by atoms with van der Waals surface area (Å²) in [6.45, 7) is 4.61. The molecule has 0 saturated carbocycles. The van der Waals surface area contributed by atoms with E-state index in [0.29, 0.717) is 0 Å². The average molecular weight is 419 g/mol. The van der Waals surface area contributed by atoms with Crippen LogP contribution in [-0.4, -0.2) is 0 Å². The normalized spacial score (nSPS) is 13.8. The van der Waals surface area contributed by atoms with Crippen molar-refractivity contribution in [1.29, 1.82) is 0 Å². The Kier molecular flexibility index (Phi) is 5.77. The Labute approximate surface area is 165 Å². The summed E-state index contributed by atoms with van der Waals surface area (Å²) in [7, 11) is 0. The Hall–Kier alpha value is -0.617. The minimum absolute atomic E-state index is 0. The fraction of sp³-hybridized carbons (Fsp3) is 0.200. The predicted octanol–water partition coefficient (Wildman–Crippen LogP) is -1.60. The van der Waals surface area contributed by atoms with Crippen LogP contribution in [-0.2, 0) is 31.1 Å². The van der Waals surface area contributed by atoms with E-state index in [1.807, 2.05) is 0 Å². The number of hydrogen-bond acceptors (Lipinski definition) is 0. The van der Waals surface area contributed by atoms with Crippen LogP contribution in [0.15, 0.2) is 42.5 Å². The fourth-order valence-corrected chi connectivity index (χ4v) is 5.13. The summed E-state index contributed by atoms with van der Waals surface area (Å²) in [6.07, 6.45) is 8.96. The van der Waals surface area contributed by atoms with Gasteiger partial charge in [0.05, 0.1) is 0 Å². The summed E-state index contributed by atoms with van der Waals surface area (Å²) in [5.41, 5.74) is 12.0. The Bertz CT molecular complexity index is 832. The topological polar surface area (TPSA) is 0 Å². The standard InChI is InChI=1S/C20H17.2ClH.Zr/c1-13-14(2)20-17(11-16-9-5-6-10-18(16)20)12-19(13)15-7-3-4-8-15;;;/h3-7,9-10H,8,11H2,1-2H3;2*1H;/q;;;+2/p-2. The third-order valence-corrected chi connectivity index (χ3v) is 6.27. The summed E-state index contributed by atoms with van der Waals surface area (Å²) in [6, 6.07) is 8.91. The van der Waals surface area contributed by atoms with Crippen molar-refractivity contribution in [1.82, 2.24) is 0 Å². The van der Waals surface area contributed by atoms with Gasteiger partial charge in [0, 0.05) is 0 Å². The second-order valence-corrected chi connectivity index (χ2v) is 7.24. The van der Waals surface area contributed by atoms with Crippen LogP contribution < -0.4 is 28.1 Å². The monoisotopic (exact) mass is 417 g/mol. The van der Waals surface area contributed by atoms with Crippen LogP contribution in [0.25, 0.3) is 16.7 Å². The first-order valence-electron chi connectivity index (χ1n) is 7.50. The van der Waals surface area contributed by atoms with Gasteiger partial charge in [0.15, 0.2) is 0 Å². The minimum Gasteiger partial charge on any atom is -1.00 e. The van der Waals surface area contributed by atoms with E-state index in [2.05, 4.69) is 56.3 Å². The smallest absolute Gasteiger partial charge is 1.00 e. The molecule has 2 aromatic rings. The Morgan fingerprint density at radius 2 is 1.65 bits per heavy atom. The molecule has 2 aromatic carbocycles. The molecule has 0 bridgehead atoms. The number of hydrogen-bond donors (Lipinski definition) is 0. The average Bonchev–Trinajstić information content (AvgIpc) is 3.12. The predicted molar refractivity (Wildman–Crippen MR) is 85.5 cm³/mol. The Morgan fingerprint density at radius 3 is 2.35 bits per heavy atom. The molecule has 0 aliphatic heterocycles. The van der Waals surface area contributed by atoms with Gasteiger partial charge in [0.1, 0.15) is 0 Å². The molecule has 115 valence electrons. The molecule has 0 N–H and O–H groups in total. The van der Waals surface area contributed by atoms with E-state index >= 15 is 0 Å². The van der Waals surface area contributed by atoms with Crippen molar-refractivity contribution in [2.45, 2.75) is 26.7 Å². The van der Waals surface area contributed by atoms with Gasteiger partial charge in [-0.05, 0) is 0 Å². The van der Waals surface area contributed by atoms with E-state index in [4.69, 9.17) is 0 Å². The molecule has 0 unspecified atom stereocenters. The molecule has 0 aromatic heterocycles. The Morgan fingerprint density at radius 1 is 0.957 bits per heavy atom. The van der Waals surface area contributed by atoms with Crippen LogP contribution >= 0.6 is 0 Å². The fourth-order valence-electron chi connectivity index (χ4n) is 3.75. The van der Waals surface area contributed by atoms with E-state index in [-0.39, 0.29) is 24.8 Å². The zero-order chi connectivity index (χ0) is 14.6. The first kappa shape index (κ1) is 18.7. The van der Waals surface area contributed by atoms with Crippen molar-refractivity contribution in [3.05, 3.63) is 70.3 Å². The van der Waals surface area contributed by atoms with Crippen molar-refractivity contribution >= 4 is 8.84 Å². The number of allylic oxidation sites excluding steroid dienone is 4. The van der Waals surface area contributed by atoms with Gasteiger partial charge in [0.2, 0.25) is 0 Å². The SMILES string of the molecule is Cc1c(C)c2c([c]([Zr+2])c1C1=CC=CC1)Cc1ccccc1-2.[Cl-].[Cl-]. The summed E-state index contributed by atoms with van der Waals surface area (Å²) in [4.78, 5) is 0. The maximum Gasteiger partial charge on any atom is -1.00 e. The molecular weight excluding hydrogens is 402 g/mol. The second kappa shape index (κ2) is 7.10.